The number of pyridine rings is 1. The van der Waals surface area contributed by atoms with Gasteiger partial charge in [-0.2, -0.15) is 0 Å². The minimum absolute atomic E-state index is 0.0525. The Morgan fingerprint density at radius 2 is 2.12 bits per heavy atom. The van der Waals surface area contributed by atoms with E-state index >= 15 is 0 Å². The monoisotopic (exact) mass is 327 g/mol. The van der Waals surface area contributed by atoms with Crippen molar-refractivity contribution in [2.45, 2.75) is 25.9 Å². The average Bonchev–Trinajstić information content (AvgIpc) is 3.15. The predicted molar refractivity (Wildman–Crippen MR) is 90.0 cm³/mol. The van der Waals surface area contributed by atoms with Crippen molar-refractivity contribution in [1.82, 2.24) is 19.9 Å². The molecule has 3 rings (SSSR count). The summed E-state index contributed by atoms with van der Waals surface area (Å²) in [6, 6.07) is 3.69. The molecule has 1 atom stereocenters. The molecule has 1 fully saturated rings. The van der Waals surface area contributed by atoms with Crippen molar-refractivity contribution in [3.63, 3.8) is 0 Å². The highest BCUT2D eigenvalue weighted by Crippen LogP contribution is 2.13. The molecule has 1 aliphatic heterocycles. The van der Waals surface area contributed by atoms with Gasteiger partial charge in [-0.1, -0.05) is 0 Å². The van der Waals surface area contributed by atoms with Gasteiger partial charge in [0.15, 0.2) is 0 Å². The fraction of sp³-hybridized carbons (Fsp3) is 0.412. The lowest BCUT2D eigenvalue weighted by Gasteiger charge is -2.16. The minimum atomic E-state index is -0.0751. The number of nitrogens with one attached hydrogen (secondary N) is 1. The van der Waals surface area contributed by atoms with Crippen LogP contribution in [0.1, 0.15) is 30.3 Å². The number of ether oxygens (including phenoxy) is 1. The number of hydrogen-bond donors (Lipinski definition) is 1. The minimum Gasteiger partial charge on any atom is -0.487 e. The lowest BCUT2D eigenvalue weighted by molar-refractivity contribution is 0.0786. The van der Waals surface area contributed by atoms with Crippen molar-refractivity contribution >= 4 is 11.7 Å². The summed E-state index contributed by atoms with van der Waals surface area (Å²) < 4.78 is 5.75. The van der Waals surface area contributed by atoms with Gasteiger partial charge in [-0.25, -0.2) is 4.98 Å². The molecular weight excluding hydrogens is 306 g/mol. The molecule has 2 aromatic heterocycles. The first-order valence-corrected chi connectivity index (χ1v) is 8.14. The van der Waals surface area contributed by atoms with Crippen molar-refractivity contribution in [2.24, 2.45) is 0 Å². The van der Waals surface area contributed by atoms with Crippen LogP contribution in [0, 0.1) is 0 Å². The molecule has 2 aromatic rings. The third-order valence-electron chi connectivity index (χ3n) is 3.79. The van der Waals surface area contributed by atoms with E-state index in [1.807, 2.05) is 24.0 Å². The van der Waals surface area contributed by atoms with E-state index in [1.54, 1.807) is 18.6 Å². The normalized spacial score (nSPS) is 15.1. The number of aromatic nitrogens is 3. The third-order valence-corrected chi connectivity index (χ3v) is 3.79. The zero-order valence-corrected chi connectivity index (χ0v) is 13.7. The van der Waals surface area contributed by atoms with Crippen LogP contribution in [0.2, 0.25) is 0 Å². The van der Waals surface area contributed by atoms with Crippen molar-refractivity contribution < 1.29 is 9.53 Å². The average molecular weight is 327 g/mol. The molecule has 0 aliphatic carbocycles. The Balaban J connectivity index is 1.55. The van der Waals surface area contributed by atoms with Gasteiger partial charge in [-0.3, -0.25) is 14.8 Å². The number of carbonyl (C=O) groups is 1. The second kappa shape index (κ2) is 7.72. The highest BCUT2D eigenvalue weighted by molar-refractivity contribution is 5.92. The maximum Gasteiger partial charge on any atom is 0.274 e. The molecule has 3 heterocycles. The molecule has 0 aromatic carbocycles. The molecular formula is C17H21N5O2. The van der Waals surface area contributed by atoms with Crippen LogP contribution in [0.15, 0.2) is 36.9 Å². The smallest absolute Gasteiger partial charge is 0.274 e. The summed E-state index contributed by atoms with van der Waals surface area (Å²) in [7, 11) is 0. The Morgan fingerprint density at radius 1 is 1.29 bits per heavy atom. The molecule has 1 N–H and O–H groups in total. The van der Waals surface area contributed by atoms with E-state index in [4.69, 9.17) is 4.74 Å². The maximum atomic E-state index is 12.3. The number of rotatable bonds is 6. The number of hydrogen-bond acceptors (Lipinski definition) is 6. The van der Waals surface area contributed by atoms with E-state index in [-0.39, 0.29) is 12.0 Å². The van der Waals surface area contributed by atoms with E-state index < -0.39 is 0 Å². The molecule has 7 nitrogen and oxygen atoms in total. The number of likely N-dealkylation sites (tertiary alicyclic amines) is 1. The second-order valence-electron chi connectivity index (χ2n) is 5.79. The summed E-state index contributed by atoms with van der Waals surface area (Å²) in [4.78, 5) is 26.7. The Labute approximate surface area is 141 Å². The molecule has 0 spiro atoms. The Hall–Kier alpha value is -2.70. The van der Waals surface area contributed by atoms with Crippen LogP contribution in [0.25, 0.3) is 0 Å². The van der Waals surface area contributed by atoms with Gasteiger partial charge in [-0.05, 0) is 31.9 Å². The van der Waals surface area contributed by atoms with Gasteiger partial charge in [0.25, 0.3) is 5.91 Å². The van der Waals surface area contributed by atoms with Crippen LogP contribution in [-0.2, 0) is 0 Å². The summed E-state index contributed by atoms with van der Waals surface area (Å²) in [5.74, 6) is 1.24. The van der Waals surface area contributed by atoms with Crippen LogP contribution in [0.5, 0.6) is 5.75 Å². The fourth-order valence-electron chi connectivity index (χ4n) is 2.58. The van der Waals surface area contributed by atoms with Crippen molar-refractivity contribution in [1.29, 1.82) is 0 Å². The van der Waals surface area contributed by atoms with E-state index in [0.717, 1.165) is 31.7 Å². The summed E-state index contributed by atoms with van der Waals surface area (Å²) in [6.45, 7) is 4.10. The lowest BCUT2D eigenvalue weighted by atomic mass is 10.3. The first kappa shape index (κ1) is 16.2. The number of nitrogens with zero attached hydrogens (tertiary/aromatic N) is 4. The van der Waals surface area contributed by atoms with Crippen LogP contribution < -0.4 is 10.1 Å². The Kier molecular flexibility index (Phi) is 5.20. The third kappa shape index (κ3) is 4.18. The zero-order valence-electron chi connectivity index (χ0n) is 13.7. The van der Waals surface area contributed by atoms with Crippen LogP contribution >= 0.6 is 0 Å². The molecule has 126 valence electrons. The molecule has 0 bridgehead atoms. The molecule has 24 heavy (non-hydrogen) atoms. The van der Waals surface area contributed by atoms with Gasteiger partial charge in [-0.15, -0.1) is 0 Å². The fourth-order valence-corrected chi connectivity index (χ4v) is 2.58. The highest BCUT2D eigenvalue weighted by atomic mass is 16.5. The van der Waals surface area contributed by atoms with E-state index in [0.29, 0.717) is 18.1 Å². The van der Waals surface area contributed by atoms with E-state index in [9.17, 15) is 4.79 Å². The standard InChI is InChI=1S/C17H21N5O2/c1-13(24-14-5-4-6-18-10-14)9-20-16-12-19-11-15(21-16)17(23)22-7-2-3-8-22/h4-6,10-13H,2-3,7-9H2,1H3,(H,20,21). The second-order valence-corrected chi connectivity index (χ2v) is 5.79. The van der Waals surface area contributed by atoms with E-state index in [2.05, 4.69) is 20.3 Å². The Morgan fingerprint density at radius 3 is 2.88 bits per heavy atom. The van der Waals surface area contributed by atoms with Crippen LogP contribution in [-0.4, -0.2) is 51.5 Å². The number of amides is 1. The maximum absolute atomic E-state index is 12.3. The highest BCUT2D eigenvalue weighted by Gasteiger charge is 2.21. The van der Waals surface area contributed by atoms with Gasteiger partial charge in [0.05, 0.1) is 25.1 Å². The van der Waals surface area contributed by atoms with Crippen molar-refractivity contribution in [3.8, 4) is 5.75 Å². The molecule has 1 unspecified atom stereocenters. The Bertz CT molecular complexity index is 674. The largest absolute Gasteiger partial charge is 0.487 e. The quantitative estimate of drug-likeness (QED) is 0.874. The molecule has 1 saturated heterocycles. The molecule has 7 heteroatoms. The van der Waals surface area contributed by atoms with Gasteiger partial charge in [0, 0.05) is 19.3 Å². The molecule has 1 amide bonds. The van der Waals surface area contributed by atoms with Crippen LogP contribution in [0.3, 0.4) is 0 Å². The first-order chi connectivity index (χ1) is 11.7. The number of anilines is 1. The summed E-state index contributed by atoms with van der Waals surface area (Å²) in [5.41, 5.74) is 0.378. The van der Waals surface area contributed by atoms with Gasteiger partial charge in [0.2, 0.25) is 0 Å². The van der Waals surface area contributed by atoms with Gasteiger partial charge >= 0.3 is 0 Å². The summed E-state index contributed by atoms with van der Waals surface area (Å²) in [5, 5.41) is 3.16. The predicted octanol–water partition coefficient (Wildman–Crippen LogP) is 1.99. The van der Waals surface area contributed by atoms with Crippen molar-refractivity contribution in [2.75, 3.05) is 25.0 Å². The van der Waals surface area contributed by atoms with Gasteiger partial charge < -0.3 is 15.0 Å². The number of carbonyl (C=O) groups excluding carboxylic acids is 1. The molecule has 0 radical (unpaired) electrons. The lowest BCUT2D eigenvalue weighted by Crippen LogP contribution is -2.29. The summed E-state index contributed by atoms with van der Waals surface area (Å²) >= 11 is 0. The summed E-state index contributed by atoms with van der Waals surface area (Å²) in [6.07, 6.45) is 8.54. The topological polar surface area (TPSA) is 80.2 Å². The zero-order chi connectivity index (χ0) is 16.8. The molecule has 0 saturated carbocycles. The van der Waals surface area contributed by atoms with E-state index in [1.165, 1.54) is 6.20 Å². The van der Waals surface area contributed by atoms with Gasteiger partial charge in [0.1, 0.15) is 23.4 Å². The first-order valence-electron chi connectivity index (χ1n) is 8.14. The molecule has 1 aliphatic rings. The van der Waals surface area contributed by atoms with Crippen LogP contribution in [0.4, 0.5) is 5.82 Å². The van der Waals surface area contributed by atoms with Crippen molar-refractivity contribution in [3.05, 3.63) is 42.6 Å². The SMILES string of the molecule is CC(CNc1cncc(C(=O)N2CCCC2)n1)Oc1cccnc1.